The summed E-state index contributed by atoms with van der Waals surface area (Å²) in [6.45, 7) is 1.54. The summed E-state index contributed by atoms with van der Waals surface area (Å²) in [6, 6.07) is 22.2. The average Bonchev–Trinajstić information content (AvgIpc) is 2.68. The molecular formula is C21H19BrN2O3S. The van der Waals surface area contributed by atoms with Gasteiger partial charge in [-0.05, 0) is 61.0 Å². The maximum atomic E-state index is 13.2. The molecule has 0 aliphatic carbocycles. The first-order valence-electron chi connectivity index (χ1n) is 8.56. The van der Waals surface area contributed by atoms with E-state index in [0.29, 0.717) is 11.4 Å². The number of amides is 1. The van der Waals surface area contributed by atoms with Crippen molar-refractivity contribution in [3.05, 3.63) is 88.9 Å². The predicted molar refractivity (Wildman–Crippen MR) is 115 cm³/mol. The van der Waals surface area contributed by atoms with Crippen molar-refractivity contribution in [3.8, 4) is 0 Å². The summed E-state index contributed by atoms with van der Waals surface area (Å²) in [5, 5.41) is 2.74. The molecule has 0 bridgehead atoms. The number of nitrogens with one attached hydrogen (secondary N) is 1. The monoisotopic (exact) mass is 458 g/mol. The van der Waals surface area contributed by atoms with Crippen LogP contribution in [0.2, 0.25) is 0 Å². The van der Waals surface area contributed by atoms with E-state index < -0.39 is 15.9 Å². The fourth-order valence-electron chi connectivity index (χ4n) is 2.68. The Hall–Kier alpha value is -2.64. The first kappa shape index (κ1) is 20.1. The molecule has 0 fully saturated rings. The Morgan fingerprint density at radius 1 is 0.964 bits per heavy atom. The van der Waals surface area contributed by atoms with E-state index in [1.807, 2.05) is 13.0 Å². The average molecular weight is 459 g/mol. The number of rotatable bonds is 6. The van der Waals surface area contributed by atoms with E-state index in [9.17, 15) is 13.2 Å². The van der Waals surface area contributed by atoms with Crippen molar-refractivity contribution in [2.75, 3.05) is 16.2 Å². The van der Waals surface area contributed by atoms with E-state index >= 15 is 0 Å². The number of carbonyl (C=O) groups excluding carboxylic acids is 1. The third-order valence-electron chi connectivity index (χ3n) is 4.04. The van der Waals surface area contributed by atoms with Crippen LogP contribution in [0.1, 0.15) is 5.56 Å². The van der Waals surface area contributed by atoms with E-state index in [1.165, 1.54) is 12.1 Å². The first-order valence-corrected chi connectivity index (χ1v) is 10.8. The van der Waals surface area contributed by atoms with Crippen LogP contribution in [0.15, 0.2) is 88.2 Å². The van der Waals surface area contributed by atoms with Gasteiger partial charge >= 0.3 is 0 Å². The molecule has 0 unspecified atom stereocenters. The van der Waals surface area contributed by atoms with Crippen molar-refractivity contribution in [2.24, 2.45) is 0 Å². The second kappa shape index (κ2) is 8.58. The lowest BCUT2D eigenvalue weighted by Gasteiger charge is -2.24. The molecule has 28 heavy (non-hydrogen) atoms. The maximum absolute atomic E-state index is 13.2. The minimum atomic E-state index is -3.90. The molecular weight excluding hydrogens is 440 g/mol. The second-order valence-corrected chi connectivity index (χ2v) is 9.00. The van der Waals surface area contributed by atoms with E-state index in [4.69, 9.17) is 0 Å². The van der Waals surface area contributed by atoms with Gasteiger partial charge in [-0.25, -0.2) is 8.42 Å². The number of carbonyl (C=O) groups is 1. The molecule has 0 aromatic heterocycles. The smallest absolute Gasteiger partial charge is 0.264 e. The summed E-state index contributed by atoms with van der Waals surface area (Å²) in [5.74, 6) is -0.427. The summed E-state index contributed by atoms with van der Waals surface area (Å²) < 4.78 is 28.4. The third-order valence-corrected chi connectivity index (χ3v) is 6.35. The number of benzene rings is 3. The van der Waals surface area contributed by atoms with Crippen LogP contribution in [-0.4, -0.2) is 20.9 Å². The number of nitrogens with zero attached hydrogens (tertiary/aromatic N) is 1. The molecule has 0 saturated carbocycles. The molecule has 0 heterocycles. The van der Waals surface area contributed by atoms with Crippen molar-refractivity contribution in [3.63, 3.8) is 0 Å². The number of halogens is 1. The van der Waals surface area contributed by atoms with Crippen LogP contribution in [0, 0.1) is 6.92 Å². The maximum Gasteiger partial charge on any atom is 0.264 e. The van der Waals surface area contributed by atoms with Gasteiger partial charge in [0, 0.05) is 10.2 Å². The van der Waals surface area contributed by atoms with Gasteiger partial charge in [-0.2, -0.15) is 0 Å². The quantitative estimate of drug-likeness (QED) is 0.587. The van der Waals surface area contributed by atoms with Crippen molar-refractivity contribution in [1.82, 2.24) is 0 Å². The molecule has 144 valence electrons. The minimum Gasteiger partial charge on any atom is -0.325 e. The van der Waals surface area contributed by atoms with E-state index in [-0.39, 0.29) is 11.4 Å². The van der Waals surface area contributed by atoms with Gasteiger partial charge in [0.15, 0.2) is 0 Å². The molecule has 5 nitrogen and oxygen atoms in total. The lowest BCUT2D eigenvalue weighted by atomic mass is 10.2. The van der Waals surface area contributed by atoms with E-state index in [0.717, 1.165) is 14.3 Å². The lowest BCUT2D eigenvalue weighted by Crippen LogP contribution is -2.38. The molecule has 1 N–H and O–H groups in total. The van der Waals surface area contributed by atoms with Crippen LogP contribution in [0.3, 0.4) is 0 Å². The van der Waals surface area contributed by atoms with Gasteiger partial charge in [-0.3, -0.25) is 9.10 Å². The number of sulfonamides is 1. The highest BCUT2D eigenvalue weighted by Gasteiger charge is 2.27. The van der Waals surface area contributed by atoms with Gasteiger partial charge in [0.1, 0.15) is 6.54 Å². The zero-order valence-electron chi connectivity index (χ0n) is 15.2. The molecule has 3 aromatic rings. The minimum absolute atomic E-state index is 0.132. The molecule has 0 spiro atoms. The van der Waals surface area contributed by atoms with Gasteiger partial charge in [-0.1, -0.05) is 46.3 Å². The van der Waals surface area contributed by atoms with Gasteiger partial charge in [0.25, 0.3) is 10.0 Å². The van der Waals surface area contributed by atoms with Crippen LogP contribution >= 0.6 is 15.9 Å². The molecule has 0 atom stereocenters. The van der Waals surface area contributed by atoms with Crippen LogP contribution in [-0.2, 0) is 14.8 Å². The van der Waals surface area contributed by atoms with Crippen LogP contribution in [0.5, 0.6) is 0 Å². The number of anilines is 2. The summed E-state index contributed by atoms with van der Waals surface area (Å²) in [7, 11) is -3.90. The largest absolute Gasteiger partial charge is 0.325 e. The molecule has 0 aliphatic heterocycles. The van der Waals surface area contributed by atoms with Crippen LogP contribution in [0.25, 0.3) is 0 Å². The highest BCUT2D eigenvalue weighted by Crippen LogP contribution is 2.24. The van der Waals surface area contributed by atoms with Gasteiger partial charge < -0.3 is 5.32 Å². The fourth-order valence-corrected chi connectivity index (χ4v) is 4.38. The summed E-state index contributed by atoms with van der Waals surface area (Å²) in [5.41, 5.74) is 1.93. The number of hydrogen-bond donors (Lipinski definition) is 1. The number of aryl methyl sites for hydroxylation is 1. The molecule has 1 amide bonds. The van der Waals surface area contributed by atoms with Crippen molar-refractivity contribution < 1.29 is 13.2 Å². The Kier molecular flexibility index (Phi) is 6.16. The lowest BCUT2D eigenvalue weighted by molar-refractivity contribution is -0.114. The predicted octanol–water partition coefficient (Wildman–Crippen LogP) is 4.59. The van der Waals surface area contributed by atoms with Gasteiger partial charge in [0.05, 0.1) is 10.6 Å². The van der Waals surface area contributed by atoms with Gasteiger partial charge in [0.2, 0.25) is 5.91 Å². The third kappa shape index (κ3) is 4.79. The highest BCUT2D eigenvalue weighted by atomic mass is 79.9. The topological polar surface area (TPSA) is 66.5 Å². The Balaban J connectivity index is 1.92. The Morgan fingerprint density at radius 2 is 1.64 bits per heavy atom. The fraction of sp³-hybridized carbons (Fsp3) is 0.0952. The summed E-state index contributed by atoms with van der Waals surface area (Å²) in [6.07, 6.45) is 0. The van der Waals surface area contributed by atoms with Crippen LogP contribution in [0.4, 0.5) is 11.4 Å². The normalized spacial score (nSPS) is 11.1. The van der Waals surface area contributed by atoms with Gasteiger partial charge in [-0.15, -0.1) is 0 Å². The first-order chi connectivity index (χ1) is 13.4. The zero-order valence-corrected chi connectivity index (χ0v) is 17.6. The van der Waals surface area contributed by atoms with Crippen molar-refractivity contribution >= 4 is 43.2 Å². The Bertz CT molecular complexity index is 1070. The number of hydrogen-bond acceptors (Lipinski definition) is 3. The van der Waals surface area contributed by atoms with E-state index in [2.05, 4.69) is 21.2 Å². The van der Waals surface area contributed by atoms with Crippen molar-refractivity contribution in [2.45, 2.75) is 11.8 Å². The zero-order chi connectivity index (χ0) is 20.1. The molecule has 0 saturated heterocycles. The summed E-state index contributed by atoms with van der Waals surface area (Å²) >= 11 is 3.34. The van der Waals surface area contributed by atoms with Crippen molar-refractivity contribution in [1.29, 1.82) is 0 Å². The Labute approximate surface area is 173 Å². The molecule has 0 radical (unpaired) electrons. The van der Waals surface area contributed by atoms with Crippen LogP contribution < -0.4 is 9.62 Å². The SMILES string of the molecule is Cc1cccc(N(CC(=O)Nc2ccc(Br)cc2)S(=O)(=O)c2ccccc2)c1. The molecule has 0 aliphatic rings. The molecule has 7 heteroatoms. The highest BCUT2D eigenvalue weighted by molar-refractivity contribution is 9.10. The Morgan fingerprint density at radius 3 is 2.29 bits per heavy atom. The molecule has 3 aromatic carbocycles. The second-order valence-electron chi connectivity index (χ2n) is 6.22. The van der Waals surface area contributed by atoms with E-state index in [1.54, 1.807) is 60.7 Å². The summed E-state index contributed by atoms with van der Waals surface area (Å²) in [4.78, 5) is 12.7. The standard InChI is InChI=1S/C21H19BrN2O3S/c1-16-6-5-7-19(14-16)24(28(26,27)20-8-3-2-4-9-20)15-21(25)23-18-12-10-17(22)11-13-18/h2-14H,15H2,1H3,(H,23,25). The molecule has 3 rings (SSSR count).